The van der Waals surface area contributed by atoms with Crippen LogP contribution < -0.4 is 4.57 Å². The highest BCUT2D eigenvalue weighted by Crippen LogP contribution is 2.16. The molecule has 0 aliphatic heterocycles. The highest BCUT2D eigenvalue weighted by atomic mass is 15.1. The van der Waals surface area contributed by atoms with Crippen molar-refractivity contribution >= 4 is 0 Å². The van der Waals surface area contributed by atoms with Crippen LogP contribution in [0.1, 0.15) is 251 Å². The lowest BCUT2D eigenvalue weighted by Crippen LogP contribution is -2.37. The molecule has 0 saturated heterocycles. The molecule has 2 nitrogen and oxygen atoms in total. The zero-order valence-electron chi connectivity index (χ0n) is 32.4. The molecule has 1 heterocycles. The molecule has 0 fully saturated rings. The quantitative estimate of drug-likeness (QED) is 0.0501. The van der Waals surface area contributed by atoms with E-state index in [1.165, 1.54) is 244 Å². The van der Waals surface area contributed by atoms with Crippen molar-refractivity contribution in [1.29, 1.82) is 0 Å². The van der Waals surface area contributed by atoms with Crippen molar-refractivity contribution in [2.24, 2.45) is 0 Å². The second-order valence-electron chi connectivity index (χ2n) is 15.2. The summed E-state index contributed by atoms with van der Waals surface area (Å²) in [6, 6.07) is 0. The van der Waals surface area contributed by atoms with Crippen LogP contribution in [0.5, 0.6) is 0 Å². The molecule has 0 N–H and O–H groups in total. The molecule has 0 spiro atoms. The SMILES string of the molecule is CCCCCCCCCCCCCCCCCCC[n+]1ccn(CCCCCCCCCCCCCCCCCC)c1CCCC. The minimum absolute atomic E-state index is 1.23. The number of hydrogen-bond donors (Lipinski definition) is 0. The summed E-state index contributed by atoms with van der Waals surface area (Å²) in [7, 11) is 0. The van der Waals surface area contributed by atoms with Crippen LogP contribution in [0.3, 0.4) is 0 Å². The summed E-state index contributed by atoms with van der Waals surface area (Å²) in [6.07, 6.45) is 56.5. The van der Waals surface area contributed by atoms with E-state index >= 15 is 0 Å². The molecule has 1 rings (SSSR count). The van der Waals surface area contributed by atoms with E-state index in [0.29, 0.717) is 0 Å². The average molecular weight is 644 g/mol. The molecule has 0 bridgehead atoms. The van der Waals surface area contributed by atoms with E-state index in [-0.39, 0.29) is 0 Å². The maximum absolute atomic E-state index is 2.60. The number of unbranched alkanes of at least 4 members (excludes halogenated alkanes) is 32. The molecule has 0 amide bonds. The van der Waals surface area contributed by atoms with Crippen LogP contribution in [0.25, 0.3) is 0 Å². The highest BCUT2D eigenvalue weighted by molar-refractivity contribution is 4.84. The average Bonchev–Trinajstić information content (AvgIpc) is 3.45. The summed E-state index contributed by atoms with van der Waals surface area (Å²) in [5.41, 5.74) is 0. The molecule has 272 valence electrons. The normalized spacial score (nSPS) is 11.6. The van der Waals surface area contributed by atoms with Crippen LogP contribution in [0.4, 0.5) is 0 Å². The Morgan fingerprint density at radius 2 is 0.674 bits per heavy atom. The topological polar surface area (TPSA) is 8.81 Å². The molecule has 0 saturated carbocycles. The zero-order valence-corrected chi connectivity index (χ0v) is 32.4. The van der Waals surface area contributed by atoms with Gasteiger partial charge in [-0.25, -0.2) is 9.13 Å². The Hall–Kier alpha value is -0.790. The Labute approximate surface area is 291 Å². The summed E-state index contributed by atoms with van der Waals surface area (Å²) >= 11 is 0. The third-order valence-corrected chi connectivity index (χ3v) is 10.6. The standard InChI is InChI=1S/C44H87N2/c1-4-7-10-12-14-16-18-20-22-24-26-28-30-32-34-36-38-41-46-43-42-45(44(46)39-9-6-3)40-37-35-33-31-29-27-25-23-21-19-17-15-13-11-8-5-2/h42-43H,4-41H2,1-3H3/q+1. The second-order valence-corrected chi connectivity index (χ2v) is 15.2. The van der Waals surface area contributed by atoms with Crippen LogP contribution in [-0.4, -0.2) is 4.57 Å². The van der Waals surface area contributed by atoms with Gasteiger partial charge in [0.25, 0.3) is 5.82 Å². The van der Waals surface area contributed by atoms with E-state index in [2.05, 4.69) is 42.3 Å². The first-order valence-electron chi connectivity index (χ1n) is 21.9. The lowest BCUT2D eigenvalue weighted by Gasteiger charge is -2.06. The number of aromatic nitrogens is 2. The molecular formula is C44H87N2+. The van der Waals surface area contributed by atoms with Gasteiger partial charge in [-0.3, -0.25) is 0 Å². The van der Waals surface area contributed by atoms with Gasteiger partial charge in [0.15, 0.2) is 0 Å². The van der Waals surface area contributed by atoms with Crippen LogP contribution in [-0.2, 0) is 19.5 Å². The van der Waals surface area contributed by atoms with Gasteiger partial charge in [-0.1, -0.05) is 213 Å². The summed E-state index contributed by atoms with van der Waals surface area (Å²) in [6.45, 7) is 9.41. The van der Waals surface area contributed by atoms with Crippen molar-refractivity contribution in [2.45, 2.75) is 265 Å². The fourth-order valence-electron chi connectivity index (χ4n) is 7.36. The fraction of sp³-hybridized carbons (Fsp3) is 0.932. The highest BCUT2D eigenvalue weighted by Gasteiger charge is 2.16. The van der Waals surface area contributed by atoms with E-state index in [0.717, 1.165) is 0 Å². The number of rotatable bonds is 38. The molecule has 46 heavy (non-hydrogen) atoms. The van der Waals surface area contributed by atoms with E-state index in [4.69, 9.17) is 0 Å². The van der Waals surface area contributed by atoms with E-state index < -0.39 is 0 Å². The predicted molar refractivity (Wildman–Crippen MR) is 207 cm³/mol. The van der Waals surface area contributed by atoms with Gasteiger partial charge in [0.2, 0.25) is 0 Å². The monoisotopic (exact) mass is 644 g/mol. The maximum Gasteiger partial charge on any atom is 0.256 e. The Balaban J connectivity index is 2.00. The van der Waals surface area contributed by atoms with Gasteiger partial charge in [-0.2, -0.15) is 0 Å². The Kier molecular flexibility index (Phi) is 33.4. The third kappa shape index (κ3) is 27.2. The molecular weight excluding hydrogens is 556 g/mol. The lowest BCUT2D eigenvalue weighted by molar-refractivity contribution is -0.704. The zero-order chi connectivity index (χ0) is 33.0. The second kappa shape index (κ2) is 35.5. The third-order valence-electron chi connectivity index (χ3n) is 10.6. The molecule has 0 aliphatic rings. The van der Waals surface area contributed by atoms with Crippen LogP contribution >= 0.6 is 0 Å². The molecule has 0 radical (unpaired) electrons. The van der Waals surface area contributed by atoms with E-state index in [9.17, 15) is 0 Å². The Bertz CT molecular complexity index is 707. The molecule has 0 aliphatic carbocycles. The molecule has 0 atom stereocenters. The van der Waals surface area contributed by atoms with Crippen molar-refractivity contribution in [3.8, 4) is 0 Å². The molecule has 0 aromatic carbocycles. The van der Waals surface area contributed by atoms with Gasteiger partial charge in [-0.15, -0.1) is 0 Å². The van der Waals surface area contributed by atoms with Crippen molar-refractivity contribution in [3.63, 3.8) is 0 Å². The van der Waals surface area contributed by atoms with Gasteiger partial charge in [0.05, 0.1) is 13.1 Å². The fourth-order valence-corrected chi connectivity index (χ4v) is 7.36. The summed E-state index contributed by atoms with van der Waals surface area (Å²) in [5.74, 6) is 1.60. The predicted octanol–water partition coefficient (Wildman–Crippen LogP) is 15.0. The smallest absolute Gasteiger partial charge is 0.234 e. The van der Waals surface area contributed by atoms with Crippen LogP contribution in [0, 0.1) is 0 Å². The van der Waals surface area contributed by atoms with Crippen molar-refractivity contribution in [2.75, 3.05) is 0 Å². The Morgan fingerprint density at radius 3 is 1.02 bits per heavy atom. The van der Waals surface area contributed by atoms with Gasteiger partial charge >= 0.3 is 0 Å². The van der Waals surface area contributed by atoms with Gasteiger partial charge in [-0.05, 0) is 32.1 Å². The molecule has 1 aromatic heterocycles. The van der Waals surface area contributed by atoms with Crippen molar-refractivity contribution in [1.82, 2.24) is 4.57 Å². The molecule has 1 aromatic rings. The largest absolute Gasteiger partial charge is 0.256 e. The first-order chi connectivity index (χ1) is 22.8. The summed E-state index contributed by atoms with van der Waals surface area (Å²) in [5, 5.41) is 0. The minimum Gasteiger partial charge on any atom is -0.234 e. The number of hydrogen-bond acceptors (Lipinski definition) is 0. The van der Waals surface area contributed by atoms with Crippen molar-refractivity contribution in [3.05, 3.63) is 18.2 Å². The molecule has 0 unspecified atom stereocenters. The Morgan fingerprint density at radius 1 is 0.370 bits per heavy atom. The van der Waals surface area contributed by atoms with Crippen molar-refractivity contribution < 1.29 is 4.57 Å². The van der Waals surface area contributed by atoms with E-state index in [1.54, 1.807) is 5.82 Å². The number of nitrogens with zero attached hydrogens (tertiary/aromatic N) is 2. The number of aryl methyl sites for hydroxylation is 2. The van der Waals surface area contributed by atoms with Gasteiger partial charge in [0, 0.05) is 6.42 Å². The van der Waals surface area contributed by atoms with Crippen LogP contribution in [0.15, 0.2) is 12.4 Å². The lowest BCUT2D eigenvalue weighted by atomic mass is 10.0. The van der Waals surface area contributed by atoms with Gasteiger partial charge < -0.3 is 0 Å². The first-order valence-corrected chi connectivity index (χ1v) is 21.9. The summed E-state index contributed by atoms with van der Waals surface area (Å²) in [4.78, 5) is 0. The first kappa shape index (κ1) is 43.2. The van der Waals surface area contributed by atoms with Crippen LogP contribution in [0.2, 0.25) is 0 Å². The number of imidazole rings is 1. The van der Waals surface area contributed by atoms with E-state index in [1.807, 2.05) is 0 Å². The molecule has 2 heteroatoms. The summed E-state index contributed by atoms with van der Waals surface area (Å²) < 4.78 is 5.21. The minimum atomic E-state index is 1.23. The maximum atomic E-state index is 2.60. The van der Waals surface area contributed by atoms with Gasteiger partial charge in [0.1, 0.15) is 12.4 Å².